The summed E-state index contributed by atoms with van der Waals surface area (Å²) in [5, 5.41) is 0.758. The number of hydrogen-bond acceptors (Lipinski definition) is 6. The van der Waals surface area contributed by atoms with Crippen molar-refractivity contribution in [3.63, 3.8) is 0 Å². The summed E-state index contributed by atoms with van der Waals surface area (Å²) < 4.78 is 11.3. The molecular weight excluding hydrogens is 362 g/mol. The highest BCUT2D eigenvalue weighted by atomic mass is 32.1. The van der Waals surface area contributed by atoms with Crippen LogP contribution in [0.25, 0.3) is 20.8 Å². The molecule has 0 unspecified atom stereocenters. The van der Waals surface area contributed by atoms with E-state index in [1.807, 2.05) is 43.3 Å². The van der Waals surface area contributed by atoms with E-state index in [1.54, 1.807) is 19.9 Å². The predicted octanol–water partition coefficient (Wildman–Crippen LogP) is 4.48. The minimum absolute atomic E-state index is 0.192. The normalized spacial score (nSPS) is 11.0. The molecular formula is C21H21NO4S. The van der Waals surface area contributed by atoms with E-state index in [4.69, 9.17) is 14.5 Å². The van der Waals surface area contributed by atoms with Gasteiger partial charge in [0.25, 0.3) is 0 Å². The van der Waals surface area contributed by atoms with Crippen LogP contribution in [-0.2, 0) is 19.1 Å². The summed E-state index contributed by atoms with van der Waals surface area (Å²) in [5.74, 6) is -2.35. The zero-order valence-corrected chi connectivity index (χ0v) is 16.3. The van der Waals surface area contributed by atoms with Crippen LogP contribution in [0.2, 0.25) is 0 Å². The second-order valence-corrected chi connectivity index (χ2v) is 7.05. The molecule has 6 heteroatoms. The fraction of sp³-hybridized carbons (Fsp3) is 0.286. The van der Waals surface area contributed by atoms with Gasteiger partial charge in [-0.25, -0.2) is 4.98 Å². The number of para-hydroxylation sites is 1. The maximum Gasteiger partial charge on any atom is 0.324 e. The van der Waals surface area contributed by atoms with Gasteiger partial charge in [0.05, 0.1) is 23.4 Å². The van der Waals surface area contributed by atoms with Crippen LogP contribution in [0, 0.1) is 6.92 Å². The van der Waals surface area contributed by atoms with Gasteiger partial charge in [-0.3, -0.25) is 9.59 Å². The van der Waals surface area contributed by atoms with Crippen LogP contribution >= 0.6 is 11.3 Å². The Morgan fingerprint density at radius 3 is 2.33 bits per heavy atom. The van der Waals surface area contributed by atoms with Crippen LogP contribution in [0.15, 0.2) is 42.5 Å². The van der Waals surface area contributed by atoms with Crippen molar-refractivity contribution < 1.29 is 19.1 Å². The standard InChI is InChI=1S/C21H21NO4S/c1-4-25-20(23)18(21(24)26-5-2)14-11-10-13(3)12-15(14)19-22-16-8-6-7-9-17(16)27-19/h6-12,18H,4-5H2,1-3H3. The van der Waals surface area contributed by atoms with Gasteiger partial charge in [0.1, 0.15) is 5.01 Å². The lowest BCUT2D eigenvalue weighted by Gasteiger charge is -2.17. The third kappa shape index (κ3) is 4.01. The fourth-order valence-corrected chi connectivity index (χ4v) is 3.90. The SMILES string of the molecule is CCOC(=O)C(C(=O)OCC)c1ccc(C)cc1-c1nc2ccccc2s1. The van der Waals surface area contributed by atoms with Crippen molar-refractivity contribution in [3.05, 3.63) is 53.6 Å². The van der Waals surface area contributed by atoms with Crippen LogP contribution < -0.4 is 0 Å². The van der Waals surface area contributed by atoms with Crippen LogP contribution in [0.5, 0.6) is 0 Å². The van der Waals surface area contributed by atoms with Gasteiger partial charge in [0.2, 0.25) is 0 Å². The molecule has 0 bridgehead atoms. The zero-order chi connectivity index (χ0) is 19.4. The van der Waals surface area contributed by atoms with Crippen LogP contribution in [0.4, 0.5) is 0 Å². The molecule has 3 rings (SSSR count). The number of fused-ring (bicyclic) bond motifs is 1. The molecule has 27 heavy (non-hydrogen) atoms. The summed E-state index contributed by atoms with van der Waals surface area (Å²) in [6, 6.07) is 13.4. The minimum Gasteiger partial charge on any atom is -0.465 e. The molecule has 1 aromatic heterocycles. The van der Waals surface area contributed by atoms with Gasteiger partial charge in [-0.1, -0.05) is 29.8 Å². The predicted molar refractivity (Wildman–Crippen MR) is 106 cm³/mol. The monoisotopic (exact) mass is 383 g/mol. The molecule has 3 aromatic rings. The number of aryl methyl sites for hydroxylation is 1. The number of rotatable bonds is 6. The Morgan fingerprint density at radius 2 is 1.70 bits per heavy atom. The lowest BCUT2D eigenvalue weighted by molar-refractivity contribution is -0.156. The van der Waals surface area contributed by atoms with Crippen molar-refractivity contribution in [1.29, 1.82) is 0 Å². The molecule has 0 saturated heterocycles. The topological polar surface area (TPSA) is 65.5 Å². The molecule has 0 saturated carbocycles. The van der Waals surface area contributed by atoms with Gasteiger partial charge < -0.3 is 9.47 Å². The molecule has 0 N–H and O–H groups in total. The lowest BCUT2D eigenvalue weighted by atomic mass is 9.93. The number of aromatic nitrogens is 1. The van der Waals surface area contributed by atoms with Crippen molar-refractivity contribution in [2.45, 2.75) is 26.7 Å². The summed E-state index contributed by atoms with van der Waals surface area (Å²) in [5.41, 5.74) is 3.20. The number of carbonyl (C=O) groups is 2. The second-order valence-electron chi connectivity index (χ2n) is 6.01. The van der Waals surface area contributed by atoms with Crippen molar-refractivity contribution in [3.8, 4) is 10.6 Å². The molecule has 0 spiro atoms. The molecule has 5 nitrogen and oxygen atoms in total. The largest absolute Gasteiger partial charge is 0.465 e. The van der Waals surface area contributed by atoms with E-state index in [2.05, 4.69) is 0 Å². The first-order chi connectivity index (χ1) is 13.0. The summed E-state index contributed by atoms with van der Waals surface area (Å²) in [7, 11) is 0. The summed E-state index contributed by atoms with van der Waals surface area (Å²) in [6.07, 6.45) is 0. The highest BCUT2D eigenvalue weighted by molar-refractivity contribution is 7.21. The highest BCUT2D eigenvalue weighted by Crippen LogP contribution is 2.36. The molecule has 0 fully saturated rings. The van der Waals surface area contributed by atoms with Gasteiger partial charge in [-0.2, -0.15) is 0 Å². The lowest BCUT2D eigenvalue weighted by Crippen LogP contribution is -2.26. The maximum atomic E-state index is 12.6. The molecule has 0 atom stereocenters. The molecule has 0 amide bonds. The first-order valence-electron chi connectivity index (χ1n) is 8.84. The number of carbonyl (C=O) groups excluding carboxylic acids is 2. The number of ether oxygens (including phenoxy) is 2. The molecule has 0 aliphatic carbocycles. The highest BCUT2D eigenvalue weighted by Gasteiger charge is 2.34. The van der Waals surface area contributed by atoms with Crippen LogP contribution in [0.1, 0.15) is 30.9 Å². The molecule has 0 aliphatic heterocycles. The first kappa shape index (κ1) is 19.0. The van der Waals surface area contributed by atoms with E-state index in [-0.39, 0.29) is 13.2 Å². The van der Waals surface area contributed by atoms with E-state index in [0.29, 0.717) is 5.56 Å². The Morgan fingerprint density at radius 1 is 1.04 bits per heavy atom. The van der Waals surface area contributed by atoms with Crippen LogP contribution in [0.3, 0.4) is 0 Å². The molecule has 1 heterocycles. The average Bonchev–Trinajstić information content (AvgIpc) is 3.07. The van der Waals surface area contributed by atoms with Gasteiger partial charge >= 0.3 is 11.9 Å². The van der Waals surface area contributed by atoms with Gasteiger partial charge in [0.15, 0.2) is 5.92 Å². The van der Waals surface area contributed by atoms with Gasteiger partial charge in [-0.05, 0) is 44.5 Å². The van der Waals surface area contributed by atoms with Crippen molar-refractivity contribution in [2.24, 2.45) is 0 Å². The van der Waals surface area contributed by atoms with E-state index < -0.39 is 17.9 Å². The first-order valence-corrected chi connectivity index (χ1v) is 9.66. The molecule has 140 valence electrons. The maximum absolute atomic E-state index is 12.6. The molecule has 0 radical (unpaired) electrons. The Hall–Kier alpha value is -2.73. The van der Waals surface area contributed by atoms with Crippen LogP contribution in [-0.4, -0.2) is 30.1 Å². The fourth-order valence-electron chi connectivity index (χ4n) is 2.90. The third-order valence-electron chi connectivity index (χ3n) is 4.09. The van der Waals surface area contributed by atoms with Gasteiger partial charge in [0, 0.05) is 5.56 Å². The number of esters is 2. The van der Waals surface area contributed by atoms with Crippen molar-refractivity contribution in [2.75, 3.05) is 13.2 Å². The van der Waals surface area contributed by atoms with Crippen molar-refractivity contribution >= 4 is 33.5 Å². The van der Waals surface area contributed by atoms with Gasteiger partial charge in [-0.15, -0.1) is 11.3 Å². The minimum atomic E-state index is -1.13. The summed E-state index contributed by atoms with van der Waals surface area (Å²) in [4.78, 5) is 29.8. The summed E-state index contributed by atoms with van der Waals surface area (Å²) >= 11 is 1.53. The number of thiazole rings is 1. The number of benzene rings is 2. The second kappa shape index (κ2) is 8.31. The molecule has 0 aliphatic rings. The van der Waals surface area contributed by atoms with E-state index >= 15 is 0 Å². The quantitative estimate of drug-likeness (QED) is 0.464. The smallest absolute Gasteiger partial charge is 0.324 e. The Kier molecular flexibility index (Phi) is 5.86. The average molecular weight is 383 g/mol. The van der Waals surface area contributed by atoms with Crippen molar-refractivity contribution in [1.82, 2.24) is 4.98 Å². The van der Waals surface area contributed by atoms with E-state index in [0.717, 1.165) is 26.4 Å². The summed E-state index contributed by atoms with van der Waals surface area (Å²) in [6.45, 7) is 5.77. The Balaban J connectivity index is 2.15. The number of nitrogens with zero attached hydrogens (tertiary/aromatic N) is 1. The molecule has 2 aromatic carbocycles. The number of hydrogen-bond donors (Lipinski definition) is 0. The Bertz CT molecular complexity index is 928. The zero-order valence-electron chi connectivity index (χ0n) is 15.5. The Labute approximate surface area is 161 Å². The van der Waals surface area contributed by atoms with E-state index in [9.17, 15) is 9.59 Å². The van der Waals surface area contributed by atoms with E-state index in [1.165, 1.54) is 11.3 Å². The third-order valence-corrected chi connectivity index (χ3v) is 5.16.